The highest BCUT2D eigenvalue weighted by molar-refractivity contribution is 6.34. The summed E-state index contributed by atoms with van der Waals surface area (Å²) in [5, 5.41) is 9.82. The number of nitrogens with zero attached hydrogens (tertiary/aromatic N) is 1. The Labute approximate surface area is 127 Å². The van der Waals surface area contributed by atoms with E-state index in [4.69, 9.17) is 17.3 Å². The number of carboxylic acids is 1. The second-order valence-electron chi connectivity index (χ2n) is 5.09. The van der Waals surface area contributed by atoms with Gasteiger partial charge in [0, 0.05) is 17.9 Å². The van der Waals surface area contributed by atoms with Crippen LogP contribution in [0.5, 0.6) is 0 Å². The Bertz CT molecular complexity index is 715. The molecule has 2 aromatic rings. The van der Waals surface area contributed by atoms with Crippen molar-refractivity contribution in [2.24, 2.45) is 0 Å². The molecule has 1 aliphatic heterocycles. The number of aromatic carboxylic acids is 1. The monoisotopic (exact) mass is 302 g/mol. The van der Waals surface area contributed by atoms with Crippen LogP contribution < -0.4 is 10.6 Å². The standard InChI is InChI=1S/C16H15ClN2O2/c17-13-9-11(18)8-12(16(20)21)15(13)19-7-3-5-10-4-1-2-6-14(10)19/h1-2,4,6,8-9H,3,5,7,18H2,(H,20,21). The molecule has 0 saturated carbocycles. The second kappa shape index (κ2) is 5.30. The van der Waals surface area contributed by atoms with Crippen LogP contribution in [-0.4, -0.2) is 17.6 Å². The quantitative estimate of drug-likeness (QED) is 0.830. The summed E-state index contributed by atoms with van der Waals surface area (Å²) in [7, 11) is 0. The van der Waals surface area contributed by atoms with Gasteiger partial charge in [0.2, 0.25) is 0 Å². The van der Waals surface area contributed by atoms with Crippen molar-refractivity contribution in [3.05, 3.63) is 52.5 Å². The zero-order valence-corrected chi connectivity index (χ0v) is 12.1. The number of para-hydroxylation sites is 1. The molecule has 0 atom stereocenters. The summed E-state index contributed by atoms with van der Waals surface area (Å²) in [6.07, 6.45) is 1.94. The maximum atomic E-state index is 11.5. The predicted molar refractivity (Wildman–Crippen MR) is 84.6 cm³/mol. The number of carboxylic acid groups (broad SMARTS) is 1. The molecule has 3 rings (SSSR count). The van der Waals surface area contributed by atoms with Crippen molar-refractivity contribution in [3.8, 4) is 0 Å². The lowest BCUT2D eigenvalue weighted by Crippen LogP contribution is -2.26. The van der Waals surface area contributed by atoms with E-state index in [1.165, 1.54) is 11.6 Å². The Hall–Kier alpha value is -2.20. The molecule has 0 aliphatic carbocycles. The van der Waals surface area contributed by atoms with Crippen LogP contribution in [-0.2, 0) is 6.42 Å². The summed E-state index contributed by atoms with van der Waals surface area (Å²) in [6, 6.07) is 11.1. The molecule has 0 saturated heterocycles. The molecule has 0 bridgehead atoms. The Morgan fingerprint density at radius 1 is 1.29 bits per heavy atom. The first-order valence-corrected chi connectivity index (χ1v) is 7.13. The van der Waals surface area contributed by atoms with E-state index in [0.717, 1.165) is 25.1 Å². The summed E-state index contributed by atoms with van der Waals surface area (Å²) in [5.41, 5.74) is 8.95. The van der Waals surface area contributed by atoms with Crippen molar-refractivity contribution in [3.63, 3.8) is 0 Å². The Kier molecular flexibility index (Phi) is 3.47. The third-order valence-corrected chi connectivity index (χ3v) is 3.98. The fraction of sp³-hybridized carbons (Fsp3) is 0.188. The van der Waals surface area contributed by atoms with Crippen LogP contribution >= 0.6 is 11.6 Å². The number of carbonyl (C=O) groups is 1. The molecule has 0 fully saturated rings. The van der Waals surface area contributed by atoms with Gasteiger partial charge in [-0.1, -0.05) is 29.8 Å². The van der Waals surface area contributed by atoms with E-state index >= 15 is 0 Å². The predicted octanol–water partition coefficient (Wildman–Crippen LogP) is 3.70. The summed E-state index contributed by atoms with van der Waals surface area (Å²) >= 11 is 6.29. The smallest absolute Gasteiger partial charge is 0.337 e. The number of hydrogen-bond acceptors (Lipinski definition) is 3. The molecule has 0 amide bonds. The number of aryl methyl sites for hydroxylation is 1. The lowest BCUT2D eigenvalue weighted by atomic mass is 10.00. The average Bonchev–Trinajstić information content (AvgIpc) is 2.46. The average molecular weight is 303 g/mol. The van der Waals surface area contributed by atoms with Crippen LogP contribution in [0.1, 0.15) is 22.3 Å². The van der Waals surface area contributed by atoms with E-state index in [2.05, 4.69) is 6.07 Å². The van der Waals surface area contributed by atoms with Crippen LogP contribution in [0.4, 0.5) is 17.1 Å². The van der Waals surface area contributed by atoms with Gasteiger partial charge >= 0.3 is 5.97 Å². The minimum absolute atomic E-state index is 0.136. The molecule has 0 radical (unpaired) electrons. The van der Waals surface area contributed by atoms with Crippen molar-refractivity contribution in [2.75, 3.05) is 17.2 Å². The molecular weight excluding hydrogens is 288 g/mol. The summed E-state index contributed by atoms with van der Waals surface area (Å²) in [6.45, 7) is 0.737. The third-order valence-electron chi connectivity index (χ3n) is 3.70. The molecule has 0 aromatic heterocycles. The molecule has 108 valence electrons. The van der Waals surface area contributed by atoms with Crippen LogP contribution in [0.25, 0.3) is 0 Å². The highest BCUT2D eigenvalue weighted by Crippen LogP contribution is 2.40. The van der Waals surface area contributed by atoms with Gasteiger partial charge in [0.1, 0.15) is 0 Å². The zero-order valence-electron chi connectivity index (χ0n) is 11.3. The molecule has 21 heavy (non-hydrogen) atoms. The number of hydrogen-bond donors (Lipinski definition) is 2. The first-order valence-electron chi connectivity index (χ1n) is 6.75. The number of nitrogen functional groups attached to an aromatic ring is 1. The molecule has 1 aliphatic rings. The van der Waals surface area contributed by atoms with E-state index in [-0.39, 0.29) is 5.56 Å². The fourth-order valence-electron chi connectivity index (χ4n) is 2.82. The first-order chi connectivity index (χ1) is 10.1. The number of fused-ring (bicyclic) bond motifs is 1. The molecule has 0 spiro atoms. The first kappa shape index (κ1) is 13.8. The molecule has 2 aromatic carbocycles. The van der Waals surface area contributed by atoms with Gasteiger partial charge in [0.05, 0.1) is 16.3 Å². The number of benzene rings is 2. The van der Waals surface area contributed by atoms with Crippen LogP contribution in [0, 0.1) is 0 Å². The number of nitrogens with two attached hydrogens (primary N) is 1. The van der Waals surface area contributed by atoms with E-state index < -0.39 is 5.97 Å². The van der Waals surface area contributed by atoms with E-state index in [1.54, 1.807) is 6.07 Å². The van der Waals surface area contributed by atoms with Gasteiger partial charge in [-0.15, -0.1) is 0 Å². The second-order valence-corrected chi connectivity index (χ2v) is 5.50. The molecule has 4 nitrogen and oxygen atoms in total. The molecule has 0 unspecified atom stereocenters. The highest BCUT2D eigenvalue weighted by Gasteiger charge is 2.25. The van der Waals surface area contributed by atoms with Crippen LogP contribution in [0.3, 0.4) is 0 Å². The van der Waals surface area contributed by atoms with Gasteiger partial charge in [0.25, 0.3) is 0 Å². The highest BCUT2D eigenvalue weighted by atomic mass is 35.5. The van der Waals surface area contributed by atoms with E-state index in [1.807, 2.05) is 23.1 Å². The van der Waals surface area contributed by atoms with Crippen LogP contribution in [0.15, 0.2) is 36.4 Å². The minimum atomic E-state index is -1.03. The number of halogens is 1. The summed E-state index contributed by atoms with van der Waals surface area (Å²) in [5.74, 6) is -1.03. The lowest BCUT2D eigenvalue weighted by Gasteiger charge is -2.33. The Balaban J connectivity index is 2.20. The van der Waals surface area contributed by atoms with Crippen molar-refractivity contribution < 1.29 is 9.90 Å². The van der Waals surface area contributed by atoms with Gasteiger partial charge in [-0.25, -0.2) is 4.79 Å². The Morgan fingerprint density at radius 2 is 2.05 bits per heavy atom. The fourth-order valence-corrected chi connectivity index (χ4v) is 3.15. The van der Waals surface area contributed by atoms with Crippen molar-refractivity contribution in [2.45, 2.75) is 12.8 Å². The van der Waals surface area contributed by atoms with Crippen LogP contribution in [0.2, 0.25) is 5.02 Å². The molecular formula is C16H15ClN2O2. The normalized spacial score (nSPS) is 13.9. The third kappa shape index (κ3) is 2.43. The van der Waals surface area contributed by atoms with Gasteiger partial charge in [-0.2, -0.15) is 0 Å². The largest absolute Gasteiger partial charge is 0.478 e. The molecule has 1 heterocycles. The summed E-state index contributed by atoms with van der Waals surface area (Å²) in [4.78, 5) is 13.5. The minimum Gasteiger partial charge on any atom is -0.478 e. The van der Waals surface area contributed by atoms with Crippen molar-refractivity contribution in [1.82, 2.24) is 0 Å². The number of anilines is 3. The zero-order chi connectivity index (χ0) is 15.0. The van der Waals surface area contributed by atoms with E-state index in [0.29, 0.717) is 16.4 Å². The lowest BCUT2D eigenvalue weighted by molar-refractivity contribution is 0.0697. The Morgan fingerprint density at radius 3 is 2.81 bits per heavy atom. The van der Waals surface area contributed by atoms with Gasteiger partial charge in [-0.05, 0) is 36.6 Å². The van der Waals surface area contributed by atoms with Crippen molar-refractivity contribution >= 4 is 34.6 Å². The van der Waals surface area contributed by atoms with E-state index in [9.17, 15) is 9.90 Å². The summed E-state index contributed by atoms with van der Waals surface area (Å²) < 4.78 is 0. The molecule has 5 heteroatoms. The molecule has 3 N–H and O–H groups in total. The van der Waals surface area contributed by atoms with Gasteiger partial charge in [0.15, 0.2) is 0 Å². The van der Waals surface area contributed by atoms with Crippen molar-refractivity contribution in [1.29, 1.82) is 0 Å². The number of rotatable bonds is 2. The maximum Gasteiger partial charge on any atom is 0.337 e. The topological polar surface area (TPSA) is 66.6 Å². The SMILES string of the molecule is Nc1cc(Cl)c(N2CCCc3ccccc32)c(C(=O)O)c1. The maximum absolute atomic E-state index is 11.5. The van der Waals surface area contributed by atoms with Gasteiger partial charge < -0.3 is 15.7 Å². The van der Waals surface area contributed by atoms with Gasteiger partial charge in [-0.3, -0.25) is 0 Å².